The predicted molar refractivity (Wildman–Crippen MR) is 72.1 cm³/mol. The van der Waals surface area contributed by atoms with Gasteiger partial charge < -0.3 is 9.67 Å². The van der Waals surface area contributed by atoms with Crippen LogP contribution >= 0.6 is 0 Å². The number of hydrogen-bond acceptors (Lipinski definition) is 4. The van der Waals surface area contributed by atoms with Crippen molar-refractivity contribution in [3.8, 4) is 0 Å². The first-order valence-corrected chi connectivity index (χ1v) is 6.80. The quantitative estimate of drug-likeness (QED) is 0.699. The molecule has 20 heavy (non-hydrogen) atoms. The third-order valence-corrected chi connectivity index (χ3v) is 3.02. The Labute approximate surface area is 117 Å². The van der Waals surface area contributed by atoms with Crippen molar-refractivity contribution in [1.29, 1.82) is 0 Å². The van der Waals surface area contributed by atoms with Crippen LogP contribution in [0.5, 0.6) is 0 Å². The summed E-state index contributed by atoms with van der Waals surface area (Å²) in [4.78, 5) is 14.4. The van der Waals surface area contributed by atoms with E-state index in [0.717, 1.165) is 38.0 Å². The van der Waals surface area contributed by atoms with E-state index in [9.17, 15) is 4.79 Å². The SMILES string of the molecule is O=C(O)CCCCc1cn(CCCn2ccnc2)nn1. The van der Waals surface area contributed by atoms with Gasteiger partial charge >= 0.3 is 5.97 Å². The molecule has 0 saturated carbocycles. The molecular weight excluding hydrogens is 258 g/mol. The van der Waals surface area contributed by atoms with Crippen molar-refractivity contribution in [3.05, 3.63) is 30.6 Å². The Morgan fingerprint density at radius 2 is 2.15 bits per heavy atom. The van der Waals surface area contributed by atoms with Gasteiger partial charge in [0.1, 0.15) is 0 Å². The van der Waals surface area contributed by atoms with E-state index in [1.807, 2.05) is 21.6 Å². The Bertz CT molecular complexity index is 521. The van der Waals surface area contributed by atoms with E-state index in [1.165, 1.54) is 0 Å². The monoisotopic (exact) mass is 277 g/mol. The summed E-state index contributed by atoms with van der Waals surface area (Å²) in [6, 6.07) is 0. The molecule has 0 aliphatic rings. The van der Waals surface area contributed by atoms with Crippen LogP contribution < -0.4 is 0 Å². The average Bonchev–Trinajstić information content (AvgIpc) is 3.06. The van der Waals surface area contributed by atoms with Gasteiger partial charge in [-0.3, -0.25) is 9.48 Å². The molecule has 0 unspecified atom stereocenters. The van der Waals surface area contributed by atoms with Crippen molar-refractivity contribution in [2.45, 2.75) is 45.2 Å². The minimum absolute atomic E-state index is 0.221. The number of unbranched alkanes of at least 4 members (excludes halogenated alkanes) is 1. The summed E-state index contributed by atoms with van der Waals surface area (Å²) in [6.45, 7) is 1.73. The highest BCUT2D eigenvalue weighted by Gasteiger charge is 2.02. The maximum absolute atomic E-state index is 10.4. The largest absolute Gasteiger partial charge is 0.481 e. The van der Waals surface area contributed by atoms with Gasteiger partial charge in [-0.2, -0.15) is 0 Å². The molecule has 0 saturated heterocycles. The summed E-state index contributed by atoms with van der Waals surface area (Å²) in [5, 5.41) is 16.7. The molecule has 0 aromatic carbocycles. The third kappa shape index (κ3) is 4.83. The summed E-state index contributed by atoms with van der Waals surface area (Å²) in [6.07, 6.45) is 10.9. The van der Waals surface area contributed by atoms with E-state index in [4.69, 9.17) is 5.11 Å². The highest BCUT2D eigenvalue weighted by atomic mass is 16.4. The van der Waals surface area contributed by atoms with Gasteiger partial charge in [0.05, 0.1) is 12.0 Å². The fourth-order valence-electron chi connectivity index (χ4n) is 1.98. The molecule has 2 aromatic heterocycles. The second-order valence-corrected chi connectivity index (χ2v) is 4.73. The molecule has 2 rings (SSSR count). The molecule has 108 valence electrons. The van der Waals surface area contributed by atoms with Crippen LogP contribution in [0.25, 0.3) is 0 Å². The van der Waals surface area contributed by atoms with E-state index in [1.54, 1.807) is 12.5 Å². The molecule has 7 heteroatoms. The van der Waals surface area contributed by atoms with Crippen molar-refractivity contribution in [1.82, 2.24) is 24.5 Å². The maximum Gasteiger partial charge on any atom is 0.303 e. The van der Waals surface area contributed by atoms with Crippen molar-refractivity contribution in [2.75, 3.05) is 0 Å². The fraction of sp³-hybridized carbons (Fsp3) is 0.538. The number of carboxylic acids is 1. The molecule has 2 aromatic rings. The van der Waals surface area contributed by atoms with Gasteiger partial charge in [0.2, 0.25) is 0 Å². The fourth-order valence-corrected chi connectivity index (χ4v) is 1.98. The van der Waals surface area contributed by atoms with Gasteiger partial charge in [-0.05, 0) is 25.7 Å². The number of hydrogen-bond donors (Lipinski definition) is 1. The number of imidazole rings is 1. The molecule has 0 bridgehead atoms. The molecule has 0 aliphatic carbocycles. The van der Waals surface area contributed by atoms with E-state index in [2.05, 4.69) is 15.3 Å². The van der Waals surface area contributed by atoms with Crippen molar-refractivity contribution >= 4 is 5.97 Å². The van der Waals surface area contributed by atoms with Crippen molar-refractivity contribution in [3.63, 3.8) is 0 Å². The predicted octanol–water partition coefficient (Wildman–Crippen LogP) is 1.36. The second kappa shape index (κ2) is 7.42. The van der Waals surface area contributed by atoms with Gasteiger partial charge in [-0.1, -0.05) is 5.21 Å². The number of carbonyl (C=O) groups is 1. The minimum atomic E-state index is -0.742. The third-order valence-electron chi connectivity index (χ3n) is 3.02. The Morgan fingerprint density at radius 1 is 1.25 bits per heavy atom. The Kier molecular flexibility index (Phi) is 5.28. The van der Waals surface area contributed by atoms with Crippen LogP contribution in [0.4, 0.5) is 0 Å². The van der Waals surface area contributed by atoms with Crippen LogP contribution in [-0.2, 0) is 24.3 Å². The van der Waals surface area contributed by atoms with Gasteiger partial charge in [-0.15, -0.1) is 5.10 Å². The van der Waals surface area contributed by atoms with Crippen LogP contribution in [0, 0.1) is 0 Å². The van der Waals surface area contributed by atoms with Gasteiger partial charge in [-0.25, -0.2) is 4.98 Å². The highest BCUT2D eigenvalue weighted by molar-refractivity contribution is 5.66. The van der Waals surface area contributed by atoms with Crippen LogP contribution in [0.3, 0.4) is 0 Å². The van der Waals surface area contributed by atoms with Crippen molar-refractivity contribution < 1.29 is 9.90 Å². The van der Waals surface area contributed by atoms with E-state index >= 15 is 0 Å². The lowest BCUT2D eigenvalue weighted by molar-refractivity contribution is -0.137. The lowest BCUT2D eigenvalue weighted by Crippen LogP contribution is -2.03. The first-order chi connectivity index (χ1) is 9.74. The van der Waals surface area contributed by atoms with E-state index < -0.39 is 5.97 Å². The van der Waals surface area contributed by atoms with Crippen LogP contribution in [0.2, 0.25) is 0 Å². The molecule has 0 spiro atoms. The molecule has 7 nitrogen and oxygen atoms in total. The number of aromatic nitrogens is 5. The molecule has 0 aliphatic heterocycles. The molecule has 0 radical (unpaired) electrons. The second-order valence-electron chi connectivity index (χ2n) is 4.73. The standard InChI is InChI=1S/C13H19N5O2/c19-13(20)5-2-1-4-12-10-18(16-15-12)8-3-7-17-9-6-14-11-17/h6,9-11H,1-5,7-8H2,(H,19,20). The average molecular weight is 277 g/mol. The number of rotatable bonds is 9. The Balaban J connectivity index is 1.65. The summed E-state index contributed by atoms with van der Waals surface area (Å²) in [7, 11) is 0. The Morgan fingerprint density at radius 3 is 2.90 bits per heavy atom. The van der Waals surface area contributed by atoms with Gasteiger partial charge in [0, 0.05) is 38.1 Å². The van der Waals surface area contributed by atoms with E-state index in [-0.39, 0.29) is 6.42 Å². The molecule has 1 N–H and O–H groups in total. The lowest BCUT2D eigenvalue weighted by Gasteiger charge is -2.01. The number of aliphatic carboxylic acids is 1. The summed E-state index contributed by atoms with van der Waals surface area (Å²) in [5.41, 5.74) is 0.929. The molecular formula is C13H19N5O2. The summed E-state index contributed by atoms with van der Waals surface area (Å²) >= 11 is 0. The van der Waals surface area contributed by atoms with Crippen LogP contribution in [0.1, 0.15) is 31.4 Å². The van der Waals surface area contributed by atoms with Crippen molar-refractivity contribution in [2.24, 2.45) is 0 Å². The zero-order valence-electron chi connectivity index (χ0n) is 11.4. The number of aryl methyl sites for hydroxylation is 3. The smallest absolute Gasteiger partial charge is 0.303 e. The topological polar surface area (TPSA) is 85.8 Å². The normalized spacial score (nSPS) is 10.8. The molecule has 2 heterocycles. The minimum Gasteiger partial charge on any atom is -0.481 e. The lowest BCUT2D eigenvalue weighted by atomic mass is 10.1. The highest BCUT2D eigenvalue weighted by Crippen LogP contribution is 2.04. The van der Waals surface area contributed by atoms with Gasteiger partial charge in [0.25, 0.3) is 0 Å². The van der Waals surface area contributed by atoms with Gasteiger partial charge in [0.15, 0.2) is 0 Å². The number of nitrogens with zero attached hydrogens (tertiary/aromatic N) is 5. The van der Waals surface area contributed by atoms with E-state index in [0.29, 0.717) is 6.42 Å². The summed E-state index contributed by atoms with van der Waals surface area (Å²) < 4.78 is 3.87. The first-order valence-electron chi connectivity index (χ1n) is 6.80. The molecule has 0 atom stereocenters. The Hall–Kier alpha value is -2.18. The molecule has 0 amide bonds. The number of carboxylic acid groups (broad SMARTS) is 1. The van der Waals surface area contributed by atoms with Crippen LogP contribution in [0.15, 0.2) is 24.9 Å². The maximum atomic E-state index is 10.4. The first kappa shape index (κ1) is 14.2. The molecule has 0 fully saturated rings. The van der Waals surface area contributed by atoms with Crippen LogP contribution in [-0.4, -0.2) is 35.6 Å². The zero-order chi connectivity index (χ0) is 14.2. The zero-order valence-corrected chi connectivity index (χ0v) is 11.4. The summed E-state index contributed by atoms with van der Waals surface area (Å²) in [5.74, 6) is -0.742.